The molecule has 0 bridgehead atoms. The van der Waals surface area contributed by atoms with E-state index in [4.69, 9.17) is 11.6 Å². The second-order valence-electron chi connectivity index (χ2n) is 11.1. The summed E-state index contributed by atoms with van der Waals surface area (Å²) in [4.78, 5) is 57.3. The molecule has 2 N–H and O–H groups in total. The zero-order valence-electron chi connectivity index (χ0n) is 26.1. The summed E-state index contributed by atoms with van der Waals surface area (Å²) in [6.45, 7) is 3.80. The van der Waals surface area contributed by atoms with Crippen LogP contribution in [0.15, 0.2) is 53.7 Å². The minimum absolute atomic E-state index is 0.0296. The molecule has 0 saturated carbocycles. The van der Waals surface area contributed by atoms with Crippen molar-refractivity contribution < 1.29 is 27.9 Å². The third-order valence-electron chi connectivity index (χ3n) is 8.03. The molecule has 0 spiro atoms. The fourth-order valence-corrected chi connectivity index (χ4v) is 5.82. The molecule has 1 aromatic carbocycles. The van der Waals surface area contributed by atoms with Crippen LogP contribution < -0.4 is 15.6 Å². The molecule has 49 heavy (non-hydrogen) atoms. The van der Waals surface area contributed by atoms with Gasteiger partial charge in [-0.1, -0.05) is 24.6 Å². The van der Waals surface area contributed by atoms with Crippen LogP contribution in [0.1, 0.15) is 34.4 Å². The quantitative estimate of drug-likeness (QED) is 0.257. The molecule has 6 rings (SSSR count). The Balaban J connectivity index is 1.36. The molecule has 1 aliphatic rings. The number of pyridine rings is 2. The van der Waals surface area contributed by atoms with Crippen LogP contribution >= 0.6 is 11.6 Å². The van der Waals surface area contributed by atoms with Gasteiger partial charge in [-0.25, -0.2) is 15.0 Å². The number of nitrogens with one attached hydrogen (secondary N) is 1. The summed E-state index contributed by atoms with van der Waals surface area (Å²) in [7, 11) is 0. The maximum absolute atomic E-state index is 14.1. The van der Waals surface area contributed by atoms with Gasteiger partial charge in [0.25, 0.3) is 5.91 Å². The average molecular weight is 697 g/mol. The van der Waals surface area contributed by atoms with E-state index in [1.807, 2.05) is 0 Å². The van der Waals surface area contributed by atoms with Crippen LogP contribution in [0.3, 0.4) is 0 Å². The van der Waals surface area contributed by atoms with Crippen molar-refractivity contribution in [1.29, 1.82) is 0 Å². The first-order chi connectivity index (χ1) is 23.4. The molecular weight excluding hydrogens is 669 g/mol. The monoisotopic (exact) mass is 696 g/mol. The summed E-state index contributed by atoms with van der Waals surface area (Å²) in [5.74, 6) is -1.11. The van der Waals surface area contributed by atoms with E-state index < -0.39 is 35.5 Å². The van der Waals surface area contributed by atoms with Crippen LogP contribution in [-0.2, 0) is 23.9 Å². The second-order valence-corrected chi connectivity index (χ2v) is 11.5. The highest BCUT2D eigenvalue weighted by atomic mass is 35.5. The zero-order chi connectivity index (χ0) is 35.0. The molecule has 2 amide bonds. The predicted octanol–water partition coefficient (Wildman–Crippen LogP) is 3.62. The van der Waals surface area contributed by atoms with Gasteiger partial charge in [-0.2, -0.15) is 13.2 Å². The van der Waals surface area contributed by atoms with E-state index in [1.54, 1.807) is 36.9 Å². The molecule has 5 aromatic rings. The summed E-state index contributed by atoms with van der Waals surface area (Å²) < 4.78 is 41.0. The summed E-state index contributed by atoms with van der Waals surface area (Å²) in [6.07, 6.45) is -1.61. The summed E-state index contributed by atoms with van der Waals surface area (Å²) in [6, 6.07) is 7.66. The van der Waals surface area contributed by atoms with Gasteiger partial charge in [0, 0.05) is 38.1 Å². The molecule has 1 aliphatic heterocycles. The van der Waals surface area contributed by atoms with E-state index in [0.717, 1.165) is 18.2 Å². The molecule has 254 valence electrons. The van der Waals surface area contributed by atoms with E-state index in [0.29, 0.717) is 11.5 Å². The van der Waals surface area contributed by atoms with Gasteiger partial charge in [-0.3, -0.25) is 14.4 Å². The fraction of sp³-hybridized carbons (Fsp3) is 0.290. The number of carbonyl (C=O) groups excluding carboxylic acids is 2. The van der Waals surface area contributed by atoms with E-state index in [9.17, 15) is 32.7 Å². The molecule has 0 atom stereocenters. The minimum Gasteiger partial charge on any atom is -0.504 e. The van der Waals surface area contributed by atoms with Gasteiger partial charge in [0.05, 0.1) is 22.0 Å². The lowest BCUT2D eigenvalue weighted by Crippen LogP contribution is -2.50. The van der Waals surface area contributed by atoms with Crippen molar-refractivity contribution >= 4 is 46.0 Å². The molecule has 18 heteroatoms. The number of amides is 2. The van der Waals surface area contributed by atoms with Gasteiger partial charge >= 0.3 is 6.18 Å². The van der Waals surface area contributed by atoms with Crippen molar-refractivity contribution in [3.8, 4) is 11.6 Å². The predicted molar refractivity (Wildman–Crippen MR) is 172 cm³/mol. The van der Waals surface area contributed by atoms with Gasteiger partial charge < -0.3 is 24.8 Å². The van der Waals surface area contributed by atoms with E-state index >= 15 is 0 Å². The van der Waals surface area contributed by atoms with Crippen LogP contribution in [0, 0.1) is 6.92 Å². The summed E-state index contributed by atoms with van der Waals surface area (Å²) in [5, 5.41) is 21.5. The number of hydrogen-bond donors (Lipinski definition) is 2. The molecule has 14 nitrogen and oxygen atoms in total. The molecule has 4 aromatic heterocycles. The van der Waals surface area contributed by atoms with Gasteiger partial charge in [0.15, 0.2) is 28.4 Å². The Morgan fingerprint density at radius 3 is 2.45 bits per heavy atom. The molecule has 1 fully saturated rings. The number of rotatable bonds is 7. The van der Waals surface area contributed by atoms with E-state index in [1.165, 1.54) is 26.8 Å². The smallest absolute Gasteiger partial charge is 0.416 e. The topological polar surface area (TPSA) is 164 Å². The van der Waals surface area contributed by atoms with Crippen molar-refractivity contribution in [2.24, 2.45) is 0 Å². The van der Waals surface area contributed by atoms with Gasteiger partial charge in [-0.15, -0.1) is 15.0 Å². The molecule has 1 saturated heterocycles. The number of carbonyl (C=O) groups is 2. The normalized spacial score (nSPS) is 13.6. The number of fused-ring (bicyclic) bond motifs is 1. The maximum atomic E-state index is 14.1. The standard InChI is InChI=1S/C31H28ClF3N10O4/c1-3-21-26(42-10-12-43(13-11-42)30(49)25-27(47)17(2)37-16-38-25)28(48)24-29(41-45(40-24)22-6-4-5-9-36-22)44(21)15-23(46)39-20-8-7-18(14-19(20)32)31(33,34)35/h4-9,14,16,47H,3,10-13,15H2,1-2H3,(H,39,46). The maximum Gasteiger partial charge on any atom is 0.416 e. The molecule has 0 unspecified atom stereocenters. The Labute approximate surface area is 280 Å². The number of anilines is 2. The molecule has 0 radical (unpaired) electrons. The van der Waals surface area contributed by atoms with E-state index in [2.05, 4.69) is 30.5 Å². The Morgan fingerprint density at radius 2 is 1.80 bits per heavy atom. The van der Waals surface area contributed by atoms with Crippen LogP contribution in [0.2, 0.25) is 5.02 Å². The first-order valence-corrected chi connectivity index (χ1v) is 15.4. The summed E-state index contributed by atoms with van der Waals surface area (Å²) >= 11 is 6.09. The van der Waals surface area contributed by atoms with Gasteiger partial charge in [0.1, 0.15) is 18.6 Å². The lowest BCUT2D eigenvalue weighted by Gasteiger charge is -2.36. The fourth-order valence-electron chi connectivity index (χ4n) is 5.59. The van der Waals surface area contributed by atoms with Crippen molar-refractivity contribution in [3.05, 3.63) is 86.8 Å². The van der Waals surface area contributed by atoms with Crippen molar-refractivity contribution in [1.82, 2.24) is 39.4 Å². The van der Waals surface area contributed by atoms with Crippen LogP contribution in [-0.4, -0.2) is 82.5 Å². The van der Waals surface area contributed by atoms with Crippen LogP contribution in [0.4, 0.5) is 24.5 Å². The third-order valence-corrected chi connectivity index (χ3v) is 8.35. The minimum atomic E-state index is -4.62. The number of aryl methyl sites for hydroxylation is 1. The number of aromatic nitrogens is 7. The number of benzene rings is 1. The van der Waals surface area contributed by atoms with Crippen molar-refractivity contribution in [2.75, 3.05) is 36.4 Å². The van der Waals surface area contributed by atoms with Crippen molar-refractivity contribution in [3.63, 3.8) is 0 Å². The van der Waals surface area contributed by atoms with Gasteiger partial charge in [0.2, 0.25) is 11.3 Å². The van der Waals surface area contributed by atoms with Crippen molar-refractivity contribution in [2.45, 2.75) is 33.0 Å². The molecular formula is C31H28ClF3N10O4. The largest absolute Gasteiger partial charge is 0.504 e. The number of halogens is 4. The highest BCUT2D eigenvalue weighted by Crippen LogP contribution is 2.34. The Bertz CT molecular complexity index is 2130. The first-order valence-electron chi connectivity index (χ1n) is 15.0. The Hall–Kier alpha value is -5.58. The number of aromatic hydroxyl groups is 1. The SMILES string of the molecule is CCc1c(N2CCN(C(=O)c3ncnc(C)c3O)CC2)c(=O)c2nn(-c3ccccn3)nc2n1CC(=O)Nc1ccc(C(F)(F)F)cc1Cl. The van der Waals surface area contributed by atoms with Gasteiger partial charge in [-0.05, 0) is 43.7 Å². The number of hydrogen-bond acceptors (Lipinski definition) is 10. The van der Waals surface area contributed by atoms with Crippen LogP contribution in [0.5, 0.6) is 5.75 Å². The van der Waals surface area contributed by atoms with E-state index in [-0.39, 0.29) is 77.3 Å². The lowest BCUT2D eigenvalue weighted by molar-refractivity contribution is -0.137. The second kappa shape index (κ2) is 13.1. The highest BCUT2D eigenvalue weighted by molar-refractivity contribution is 6.33. The Morgan fingerprint density at radius 1 is 1.04 bits per heavy atom. The number of alkyl halides is 3. The molecule has 0 aliphatic carbocycles. The average Bonchev–Trinajstić information content (AvgIpc) is 3.54. The zero-order valence-corrected chi connectivity index (χ0v) is 26.8. The lowest BCUT2D eigenvalue weighted by atomic mass is 10.1. The third kappa shape index (κ3) is 6.48. The number of nitrogens with zero attached hydrogens (tertiary/aromatic N) is 9. The summed E-state index contributed by atoms with van der Waals surface area (Å²) in [5.41, 5.74) is -0.539. The first kappa shape index (κ1) is 33.3. The van der Waals surface area contributed by atoms with Crippen LogP contribution in [0.25, 0.3) is 17.0 Å². The number of piperazine rings is 1. The Kier molecular flexibility index (Phi) is 8.94. The molecule has 5 heterocycles. The highest BCUT2D eigenvalue weighted by Gasteiger charge is 2.32.